The van der Waals surface area contributed by atoms with Crippen molar-refractivity contribution in [2.24, 2.45) is 0 Å². The number of hydrogen-bond acceptors (Lipinski definition) is 7. The molecule has 0 amide bonds. The van der Waals surface area contributed by atoms with E-state index >= 15 is 0 Å². The summed E-state index contributed by atoms with van der Waals surface area (Å²) < 4.78 is 15.0. The molecule has 0 atom stereocenters. The summed E-state index contributed by atoms with van der Waals surface area (Å²) in [6.45, 7) is 1.43. The molecule has 1 aliphatic heterocycles. The first kappa shape index (κ1) is 19.0. The number of esters is 2. The number of hydrogen-bond donors (Lipinski definition) is 0. The second-order valence-electron chi connectivity index (χ2n) is 5.26. The van der Waals surface area contributed by atoms with E-state index in [9.17, 15) is 14.4 Å². The lowest BCUT2D eigenvalue weighted by atomic mass is 10.1. The van der Waals surface area contributed by atoms with Crippen molar-refractivity contribution in [2.75, 3.05) is 26.2 Å². The molecule has 1 aliphatic rings. The van der Waals surface area contributed by atoms with Gasteiger partial charge in [-0.25, -0.2) is 9.59 Å². The fourth-order valence-corrected chi connectivity index (χ4v) is 2.45. The van der Waals surface area contributed by atoms with Gasteiger partial charge in [0, 0.05) is 11.8 Å². The van der Waals surface area contributed by atoms with E-state index in [4.69, 9.17) is 14.2 Å². The molecular formula is C19H19NO6. The molecule has 0 saturated heterocycles. The summed E-state index contributed by atoms with van der Waals surface area (Å²) in [5.41, 5.74) is 0.792. The van der Waals surface area contributed by atoms with Crippen molar-refractivity contribution < 1.29 is 28.6 Å². The van der Waals surface area contributed by atoms with Crippen molar-refractivity contribution in [3.05, 3.63) is 59.5 Å². The summed E-state index contributed by atoms with van der Waals surface area (Å²) in [6.07, 6.45) is 6.26. The maximum Gasteiger partial charge on any atom is 0.355 e. The first-order chi connectivity index (χ1) is 12.4. The molecule has 1 heterocycles. The highest BCUT2D eigenvalue weighted by molar-refractivity contribution is 6.06. The highest BCUT2D eigenvalue weighted by atomic mass is 16.5. The molecule has 0 aromatic heterocycles. The number of allylic oxidation sites excluding steroid dienone is 2. The molecule has 0 spiro atoms. The third-order valence-electron chi connectivity index (χ3n) is 3.73. The molecule has 0 bridgehead atoms. The smallest absolute Gasteiger partial charge is 0.355 e. The third kappa shape index (κ3) is 3.66. The summed E-state index contributed by atoms with van der Waals surface area (Å²) in [7, 11) is 3.90. The van der Waals surface area contributed by atoms with Crippen molar-refractivity contribution in [2.45, 2.75) is 6.92 Å². The largest absolute Gasteiger partial charge is 0.495 e. The van der Waals surface area contributed by atoms with Crippen LogP contribution in [0.1, 0.15) is 17.3 Å². The zero-order valence-electron chi connectivity index (χ0n) is 14.9. The quantitative estimate of drug-likeness (QED) is 0.591. The van der Waals surface area contributed by atoms with Crippen LogP contribution in [0.5, 0.6) is 5.75 Å². The first-order valence-electron chi connectivity index (χ1n) is 7.68. The summed E-state index contributed by atoms with van der Waals surface area (Å²) in [5.74, 6) is -1.18. The van der Waals surface area contributed by atoms with E-state index in [0.29, 0.717) is 17.0 Å². The number of carbonyl (C=O) groups excluding carboxylic acids is 3. The number of anilines is 1. The predicted octanol–water partition coefficient (Wildman–Crippen LogP) is 2.39. The van der Waals surface area contributed by atoms with E-state index in [1.807, 2.05) is 0 Å². The zero-order chi connectivity index (χ0) is 19.3. The van der Waals surface area contributed by atoms with Gasteiger partial charge in [0.25, 0.3) is 0 Å². The fourth-order valence-electron chi connectivity index (χ4n) is 2.45. The van der Waals surface area contributed by atoms with Crippen LogP contribution in [0, 0.1) is 0 Å². The number of ether oxygens (including phenoxy) is 3. The molecule has 2 rings (SSSR count). The van der Waals surface area contributed by atoms with Gasteiger partial charge in [-0.3, -0.25) is 4.79 Å². The monoisotopic (exact) mass is 357 g/mol. The van der Waals surface area contributed by atoms with Crippen LogP contribution in [-0.4, -0.2) is 39.1 Å². The number of Topliss-reactive ketones (excluding diaryl/α,β-unsaturated/α-hetero) is 1. The van der Waals surface area contributed by atoms with Crippen LogP contribution in [0.4, 0.5) is 5.69 Å². The van der Waals surface area contributed by atoms with E-state index in [0.717, 1.165) is 0 Å². The first-order valence-corrected chi connectivity index (χ1v) is 7.68. The minimum atomic E-state index is -0.739. The van der Waals surface area contributed by atoms with Crippen LogP contribution >= 0.6 is 0 Å². The molecule has 1 aromatic rings. The van der Waals surface area contributed by atoms with Crippen LogP contribution in [0.2, 0.25) is 0 Å². The molecule has 26 heavy (non-hydrogen) atoms. The lowest BCUT2D eigenvalue weighted by Crippen LogP contribution is -2.27. The summed E-state index contributed by atoms with van der Waals surface area (Å²) in [5, 5.41) is 0. The second-order valence-corrected chi connectivity index (χ2v) is 5.26. The van der Waals surface area contributed by atoms with Crippen LogP contribution in [-0.2, 0) is 19.1 Å². The molecule has 1 aromatic carbocycles. The Morgan fingerprint density at radius 3 is 2.23 bits per heavy atom. The normalized spacial score (nSPS) is 13.3. The summed E-state index contributed by atoms with van der Waals surface area (Å²) in [6, 6.07) is 4.81. The Hall–Kier alpha value is -3.35. The number of ketones is 1. The maximum atomic E-state index is 12.4. The highest BCUT2D eigenvalue weighted by Crippen LogP contribution is 2.34. The zero-order valence-corrected chi connectivity index (χ0v) is 14.9. The average Bonchev–Trinajstić information content (AvgIpc) is 2.88. The summed E-state index contributed by atoms with van der Waals surface area (Å²) >= 11 is 0. The van der Waals surface area contributed by atoms with Crippen LogP contribution in [0.25, 0.3) is 0 Å². The molecule has 136 valence electrons. The van der Waals surface area contributed by atoms with Gasteiger partial charge in [-0.05, 0) is 37.3 Å². The molecule has 0 N–H and O–H groups in total. The third-order valence-corrected chi connectivity index (χ3v) is 3.73. The summed E-state index contributed by atoms with van der Waals surface area (Å²) in [4.78, 5) is 37.8. The molecule has 0 unspecified atom stereocenters. The van der Waals surface area contributed by atoms with Crippen LogP contribution in [0.3, 0.4) is 0 Å². The highest BCUT2D eigenvalue weighted by Gasteiger charge is 2.29. The Labute approximate surface area is 151 Å². The van der Waals surface area contributed by atoms with E-state index in [1.54, 1.807) is 36.6 Å². The Morgan fingerprint density at radius 2 is 1.65 bits per heavy atom. The van der Waals surface area contributed by atoms with Gasteiger partial charge in [-0.1, -0.05) is 6.08 Å². The van der Waals surface area contributed by atoms with E-state index < -0.39 is 11.9 Å². The minimum absolute atomic E-state index is 0.0135. The van der Waals surface area contributed by atoms with Crippen molar-refractivity contribution in [3.8, 4) is 5.75 Å². The SMILES string of the molecule is COC(=O)C1=C(C(=O)OC)N(c2cc(C(C)=O)ccc2OC)C=CC=C1. The molecular weight excluding hydrogens is 338 g/mol. The Kier molecular flexibility index (Phi) is 5.95. The van der Waals surface area contributed by atoms with Gasteiger partial charge in [0.2, 0.25) is 0 Å². The van der Waals surface area contributed by atoms with Crippen molar-refractivity contribution in [3.63, 3.8) is 0 Å². The van der Waals surface area contributed by atoms with Crippen molar-refractivity contribution in [1.29, 1.82) is 0 Å². The van der Waals surface area contributed by atoms with Crippen LogP contribution < -0.4 is 9.64 Å². The van der Waals surface area contributed by atoms with Gasteiger partial charge in [0.05, 0.1) is 32.6 Å². The lowest BCUT2D eigenvalue weighted by molar-refractivity contribution is -0.139. The van der Waals surface area contributed by atoms with Gasteiger partial charge >= 0.3 is 11.9 Å². The molecule has 7 nitrogen and oxygen atoms in total. The topological polar surface area (TPSA) is 82.1 Å². The molecule has 7 heteroatoms. The lowest BCUT2D eigenvalue weighted by Gasteiger charge is -2.25. The fraction of sp³-hybridized carbons (Fsp3) is 0.211. The second kappa shape index (κ2) is 8.15. The Balaban J connectivity index is 2.76. The minimum Gasteiger partial charge on any atom is -0.495 e. The molecule has 0 saturated carbocycles. The number of methoxy groups -OCH3 is 3. The van der Waals surface area contributed by atoms with E-state index in [1.165, 1.54) is 39.2 Å². The number of benzene rings is 1. The molecule has 0 aliphatic carbocycles. The average molecular weight is 357 g/mol. The van der Waals surface area contributed by atoms with Gasteiger partial charge in [0.15, 0.2) is 5.78 Å². The van der Waals surface area contributed by atoms with Gasteiger partial charge in [0.1, 0.15) is 11.4 Å². The van der Waals surface area contributed by atoms with Crippen molar-refractivity contribution >= 4 is 23.4 Å². The Morgan fingerprint density at radius 1 is 0.962 bits per heavy atom. The molecule has 0 radical (unpaired) electrons. The molecule has 0 fully saturated rings. The van der Waals surface area contributed by atoms with Crippen LogP contribution in [0.15, 0.2) is 53.9 Å². The van der Waals surface area contributed by atoms with E-state index in [2.05, 4.69) is 0 Å². The van der Waals surface area contributed by atoms with Gasteiger partial charge < -0.3 is 19.1 Å². The maximum absolute atomic E-state index is 12.4. The van der Waals surface area contributed by atoms with Crippen molar-refractivity contribution in [1.82, 2.24) is 0 Å². The predicted molar refractivity (Wildman–Crippen MR) is 94.8 cm³/mol. The standard InChI is InChI=1S/C19H19NO6/c1-12(21)13-8-9-16(24-2)15(11-13)20-10-6-5-7-14(18(22)25-3)17(20)19(23)26-4/h5-11H,1-4H3. The van der Waals surface area contributed by atoms with Gasteiger partial charge in [-0.15, -0.1) is 0 Å². The Bertz CT molecular complexity index is 834. The van der Waals surface area contributed by atoms with Gasteiger partial charge in [-0.2, -0.15) is 0 Å². The number of carbonyl (C=O) groups is 3. The van der Waals surface area contributed by atoms with E-state index in [-0.39, 0.29) is 17.1 Å². The number of rotatable bonds is 5. The number of nitrogens with zero attached hydrogens (tertiary/aromatic N) is 1.